The zero-order chi connectivity index (χ0) is 15.2. The van der Waals surface area contributed by atoms with Crippen LogP contribution in [0, 0.1) is 11.8 Å². The average molecular weight is 286 g/mol. The summed E-state index contributed by atoms with van der Waals surface area (Å²) in [5, 5.41) is 4.20. The molecular formula is C18H26N2O. The third-order valence-electron chi connectivity index (χ3n) is 3.25. The molecule has 0 aliphatic heterocycles. The number of aromatic nitrogens is 1. The fourth-order valence-corrected chi connectivity index (χ4v) is 2.59. The molecule has 1 aromatic heterocycles. The van der Waals surface area contributed by atoms with Gasteiger partial charge in [0.05, 0.1) is 6.54 Å². The van der Waals surface area contributed by atoms with E-state index in [1.807, 2.05) is 18.2 Å². The Bertz CT molecular complexity index is 521. The van der Waals surface area contributed by atoms with Crippen LogP contribution in [0.15, 0.2) is 40.9 Å². The van der Waals surface area contributed by atoms with E-state index in [9.17, 15) is 0 Å². The van der Waals surface area contributed by atoms with Crippen molar-refractivity contribution in [3.05, 3.63) is 42.2 Å². The first-order chi connectivity index (χ1) is 10.0. The molecule has 0 N–H and O–H groups in total. The third kappa shape index (κ3) is 5.01. The van der Waals surface area contributed by atoms with Crippen LogP contribution >= 0.6 is 0 Å². The van der Waals surface area contributed by atoms with Crippen LogP contribution in [-0.2, 0) is 6.54 Å². The minimum absolute atomic E-state index is 0.653. The Hall–Kier alpha value is -1.61. The molecule has 114 valence electrons. The number of hydrogen-bond acceptors (Lipinski definition) is 3. The highest BCUT2D eigenvalue weighted by Gasteiger charge is 2.14. The second kappa shape index (κ2) is 7.41. The van der Waals surface area contributed by atoms with Crippen molar-refractivity contribution in [2.75, 3.05) is 13.1 Å². The molecule has 2 rings (SSSR count). The maximum absolute atomic E-state index is 5.52. The van der Waals surface area contributed by atoms with Gasteiger partial charge in [0.15, 0.2) is 5.76 Å². The van der Waals surface area contributed by atoms with Crippen molar-refractivity contribution >= 4 is 0 Å². The average Bonchev–Trinajstić information content (AvgIpc) is 2.86. The van der Waals surface area contributed by atoms with Crippen LogP contribution in [0.3, 0.4) is 0 Å². The highest BCUT2D eigenvalue weighted by Crippen LogP contribution is 2.20. The van der Waals surface area contributed by atoms with E-state index in [0.29, 0.717) is 11.8 Å². The first-order valence-corrected chi connectivity index (χ1v) is 7.78. The van der Waals surface area contributed by atoms with Gasteiger partial charge in [-0.25, -0.2) is 0 Å². The van der Waals surface area contributed by atoms with E-state index >= 15 is 0 Å². The summed E-state index contributed by atoms with van der Waals surface area (Å²) in [4.78, 5) is 2.45. The van der Waals surface area contributed by atoms with Crippen molar-refractivity contribution in [3.63, 3.8) is 0 Å². The lowest BCUT2D eigenvalue weighted by Crippen LogP contribution is -2.30. The van der Waals surface area contributed by atoms with Gasteiger partial charge in [0, 0.05) is 24.7 Å². The minimum Gasteiger partial charge on any atom is -0.359 e. The highest BCUT2D eigenvalue weighted by molar-refractivity contribution is 5.58. The smallest absolute Gasteiger partial charge is 0.151 e. The standard InChI is InChI=1S/C18H26N2O/c1-14(2)11-20(12-15(3)4)13-17-10-18(19-21-17)16-8-6-5-7-9-16/h5-10,14-15H,11-13H2,1-4H3. The topological polar surface area (TPSA) is 29.3 Å². The quantitative estimate of drug-likeness (QED) is 0.752. The zero-order valence-corrected chi connectivity index (χ0v) is 13.5. The molecule has 0 aliphatic rings. The monoisotopic (exact) mass is 286 g/mol. The zero-order valence-electron chi connectivity index (χ0n) is 13.5. The molecule has 3 nitrogen and oxygen atoms in total. The summed E-state index contributed by atoms with van der Waals surface area (Å²) in [7, 11) is 0. The largest absolute Gasteiger partial charge is 0.359 e. The molecule has 0 amide bonds. The number of benzene rings is 1. The van der Waals surface area contributed by atoms with E-state index in [4.69, 9.17) is 4.52 Å². The fourth-order valence-electron chi connectivity index (χ4n) is 2.59. The summed E-state index contributed by atoms with van der Waals surface area (Å²) >= 11 is 0. The predicted octanol–water partition coefficient (Wildman–Crippen LogP) is 4.46. The lowest BCUT2D eigenvalue weighted by molar-refractivity contribution is 0.189. The van der Waals surface area contributed by atoms with Gasteiger partial charge in [0.25, 0.3) is 0 Å². The van der Waals surface area contributed by atoms with Crippen molar-refractivity contribution < 1.29 is 4.52 Å². The van der Waals surface area contributed by atoms with E-state index in [1.165, 1.54) is 0 Å². The van der Waals surface area contributed by atoms with Gasteiger partial charge >= 0.3 is 0 Å². The third-order valence-corrected chi connectivity index (χ3v) is 3.25. The Labute approximate surface area is 127 Å². The first kappa shape index (κ1) is 15.8. The molecule has 21 heavy (non-hydrogen) atoms. The summed E-state index contributed by atoms with van der Waals surface area (Å²) in [6.07, 6.45) is 0. The molecule has 2 aromatic rings. The van der Waals surface area contributed by atoms with E-state index < -0.39 is 0 Å². The van der Waals surface area contributed by atoms with Crippen molar-refractivity contribution in [1.82, 2.24) is 10.1 Å². The summed E-state index contributed by atoms with van der Waals surface area (Å²) < 4.78 is 5.52. The van der Waals surface area contributed by atoms with E-state index in [1.54, 1.807) is 0 Å². The highest BCUT2D eigenvalue weighted by atomic mass is 16.5. The van der Waals surface area contributed by atoms with Gasteiger partial charge in [0.1, 0.15) is 5.69 Å². The van der Waals surface area contributed by atoms with E-state index in [2.05, 4.69) is 56.0 Å². The van der Waals surface area contributed by atoms with Crippen molar-refractivity contribution in [2.45, 2.75) is 34.2 Å². The first-order valence-electron chi connectivity index (χ1n) is 7.78. The summed E-state index contributed by atoms with van der Waals surface area (Å²) in [5.74, 6) is 2.25. The van der Waals surface area contributed by atoms with Gasteiger partial charge in [-0.3, -0.25) is 4.90 Å². The van der Waals surface area contributed by atoms with Crippen LogP contribution in [-0.4, -0.2) is 23.1 Å². The molecular weight excluding hydrogens is 260 g/mol. The summed E-state index contributed by atoms with van der Waals surface area (Å²) in [6, 6.07) is 12.2. The number of nitrogens with zero attached hydrogens (tertiary/aromatic N) is 2. The van der Waals surface area contributed by atoms with E-state index in [0.717, 1.165) is 36.7 Å². The summed E-state index contributed by atoms with van der Waals surface area (Å²) in [6.45, 7) is 12.0. The lowest BCUT2D eigenvalue weighted by Gasteiger charge is -2.24. The maximum Gasteiger partial charge on any atom is 0.151 e. The van der Waals surface area contributed by atoms with E-state index in [-0.39, 0.29) is 0 Å². The van der Waals surface area contributed by atoms with Crippen molar-refractivity contribution in [3.8, 4) is 11.3 Å². The molecule has 0 unspecified atom stereocenters. The Balaban J connectivity index is 2.05. The van der Waals surface area contributed by atoms with Gasteiger partial charge in [-0.15, -0.1) is 0 Å². The minimum atomic E-state index is 0.653. The molecule has 0 saturated heterocycles. The van der Waals surface area contributed by atoms with Crippen LogP contribution in [0.1, 0.15) is 33.5 Å². The molecule has 0 radical (unpaired) electrons. The van der Waals surface area contributed by atoms with Gasteiger partial charge < -0.3 is 4.52 Å². The van der Waals surface area contributed by atoms with Gasteiger partial charge in [0.2, 0.25) is 0 Å². The van der Waals surface area contributed by atoms with Crippen LogP contribution < -0.4 is 0 Å². The Morgan fingerprint density at radius 2 is 1.62 bits per heavy atom. The molecule has 0 aliphatic carbocycles. The molecule has 0 atom stereocenters. The molecule has 0 fully saturated rings. The van der Waals surface area contributed by atoms with Gasteiger partial charge in [-0.1, -0.05) is 63.2 Å². The Morgan fingerprint density at radius 1 is 1.00 bits per heavy atom. The van der Waals surface area contributed by atoms with Crippen LogP contribution in [0.4, 0.5) is 0 Å². The van der Waals surface area contributed by atoms with Crippen LogP contribution in [0.2, 0.25) is 0 Å². The molecule has 1 aromatic carbocycles. The predicted molar refractivity (Wildman–Crippen MR) is 86.9 cm³/mol. The number of rotatable bonds is 7. The molecule has 3 heteroatoms. The normalized spacial score (nSPS) is 11.8. The Kier molecular flexibility index (Phi) is 5.57. The van der Waals surface area contributed by atoms with Crippen molar-refractivity contribution in [1.29, 1.82) is 0 Å². The molecule has 1 heterocycles. The van der Waals surface area contributed by atoms with Crippen molar-refractivity contribution in [2.24, 2.45) is 11.8 Å². The molecule has 0 bridgehead atoms. The lowest BCUT2D eigenvalue weighted by atomic mass is 10.1. The molecule has 0 saturated carbocycles. The van der Waals surface area contributed by atoms with Gasteiger partial charge in [-0.05, 0) is 11.8 Å². The maximum atomic E-state index is 5.52. The Morgan fingerprint density at radius 3 is 2.19 bits per heavy atom. The number of hydrogen-bond donors (Lipinski definition) is 0. The van der Waals surface area contributed by atoms with Crippen LogP contribution in [0.5, 0.6) is 0 Å². The second-order valence-electron chi connectivity index (χ2n) is 6.53. The van der Waals surface area contributed by atoms with Gasteiger partial charge in [-0.2, -0.15) is 0 Å². The second-order valence-corrected chi connectivity index (χ2v) is 6.53. The fraction of sp³-hybridized carbons (Fsp3) is 0.500. The molecule has 0 spiro atoms. The SMILES string of the molecule is CC(C)CN(Cc1cc(-c2ccccc2)no1)CC(C)C. The van der Waals surface area contributed by atoms with Crippen LogP contribution in [0.25, 0.3) is 11.3 Å². The summed E-state index contributed by atoms with van der Waals surface area (Å²) in [5.41, 5.74) is 2.02.